The first kappa shape index (κ1) is 17.6. The van der Waals surface area contributed by atoms with E-state index in [0.29, 0.717) is 0 Å². The summed E-state index contributed by atoms with van der Waals surface area (Å²) >= 11 is 5.55. The number of pyridine rings is 1. The number of sulfonamides is 1. The Kier molecular flexibility index (Phi) is 5.53. The normalized spacial score (nSPS) is 13.0. The number of rotatable bonds is 6. The minimum Gasteiger partial charge on any atom is -0.390 e. The van der Waals surface area contributed by atoms with Crippen LogP contribution in [-0.4, -0.2) is 30.7 Å². The van der Waals surface area contributed by atoms with Crippen LogP contribution in [0.1, 0.15) is 0 Å². The summed E-state index contributed by atoms with van der Waals surface area (Å²) < 4.78 is 40.6. The summed E-state index contributed by atoms with van der Waals surface area (Å²) in [6, 6.07) is 7.50. The zero-order valence-corrected chi connectivity index (χ0v) is 13.4. The van der Waals surface area contributed by atoms with Gasteiger partial charge in [0.25, 0.3) is 5.56 Å². The predicted molar refractivity (Wildman–Crippen MR) is 83.3 cm³/mol. The van der Waals surface area contributed by atoms with Crippen LogP contribution in [0.2, 0.25) is 5.02 Å². The lowest BCUT2D eigenvalue weighted by molar-refractivity contribution is 0.156. The molecule has 23 heavy (non-hydrogen) atoms. The molecule has 0 bridgehead atoms. The van der Waals surface area contributed by atoms with Crippen LogP contribution in [0, 0.1) is 5.82 Å². The molecule has 0 saturated heterocycles. The minimum absolute atomic E-state index is 0.0631. The first-order chi connectivity index (χ1) is 10.8. The third-order valence-electron chi connectivity index (χ3n) is 3.02. The topological polar surface area (TPSA) is 88.4 Å². The van der Waals surface area contributed by atoms with E-state index in [9.17, 15) is 22.7 Å². The summed E-state index contributed by atoms with van der Waals surface area (Å²) in [6.45, 7) is -0.370. The van der Waals surface area contributed by atoms with Gasteiger partial charge in [0.2, 0.25) is 10.0 Å². The van der Waals surface area contributed by atoms with Crippen molar-refractivity contribution in [2.75, 3.05) is 6.54 Å². The van der Waals surface area contributed by atoms with Crippen molar-refractivity contribution in [2.24, 2.45) is 0 Å². The maximum atomic E-state index is 13.1. The van der Waals surface area contributed by atoms with E-state index >= 15 is 0 Å². The van der Waals surface area contributed by atoms with E-state index in [0.717, 1.165) is 18.2 Å². The maximum Gasteiger partial charge on any atom is 0.250 e. The lowest BCUT2D eigenvalue weighted by Crippen LogP contribution is -2.36. The van der Waals surface area contributed by atoms with Gasteiger partial charge < -0.3 is 9.67 Å². The maximum absolute atomic E-state index is 13.1. The number of nitrogens with one attached hydrogen (secondary N) is 1. The molecule has 0 fully saturated rings. The highest BCUT2D eigenvalue weighted by Crippen LogP contribution is 2.19. The van der Waals surface area contributed by atoms with E-state index in [1.165, 1.54) is 16.8 Å². The molecule has 124 valence electrons. The lowest BCUT2D eigenvalue weighted by Gasteiger charge is -2.14. The summed E-state index contributed by atoms with van der Waals surface area (Å²) in [7, 11) is -3.95. The Morgan fingerprint density at radius 1 is 1.30 bits per heavy atom. The summed E-state index contributed by atoms with van der Waals surface area (Å²) in [6.07, 6.45) is 0.376. The molecule has 0 amide bonds. The molecular weight excluding hydrogens is 347 g/mol. The van der Waals surface area contributed by atoms with Crippen LogP contribution in [0.25, 0.3) is 0 Å². The van der Waals surface area contributed by atoms with Crippen molar-refractivity contribution in [2.45, 2.75) is 17.5 Å². The van der Waals surface area contributed by atoms with Crippen LogP contribution in [0.4, 0.5) is 4.39 Å². The third kappa shape index (κ3) is 4.61. The highest BCUT2D eigenvalue weighted by atomic mass is 35.5. The molecular formula is C14H14ClFN2O4S. The van der Waals surface area contributed by atoms with Gasteiger partial charge in [0, 0.05) is 18.8 Å². The Labute approximate surface area is 137 Å². The van der Waals surface area contributed by atoms with Crippen molar-refractivity contribution in [3.8, 4) is 0 Å². The fraction of sp³-hybridized carbons (Fsp3) is 0.214. The van der Waals surface area contributed by atoms with Crippen LogP contribution < -0.4 is 10.3 Å². The first-order valence-electron chi connectivity index (χ1n) is 6.58. The second-order valence-corrected chi connectivity index (χ2v) is 6.95. The molecule has 0 aliphatic carbocycles. The van der Waals surface area contributed by atoms with E-state index in [1.54, 1.807) is 12.1 Å². The first-order valence-corrected chi connectivity index (χ1v) is 8.44. The van der Waals surface area contributed by atoms with Gasteiger partial charge in [0.1, 0.15) is 5.82 Å². The van der Waals surface area contributed by atoms with E-state index in [2.05, 4.69) is 4.72 Å². The van der Waals surface area contributed by atoms with Crippen molar-refractivity contribution in [3.63, 3.8) is 0 Å². The zero-order valence-electron chi connectivity index (χ0n) is 11.8. The van der Waals surface area contributed by atoms with E-state index in [-0.39, 0.29) is 28.6 Å². The number of aliphatic hydroxyl groups excluding tert-OH is 1. The molecule has 2 rings (SSSR count). The molecule has 1 aromatic carbocycles. The minimum atomic E-state index is -3.95. The number of nitrogens with zero attached hydrogens (tertiary/aromatic N) is 1. The van der Waals surface area contributed by atoms with Crippen LogP contribution >= 0.6 is 11.6 Å². The third-order valence-corrected chi connectivity index (χ3v) is 4.73. The molecule has 1 aromatic heterocycles. The highest BCUT2D eigenvalue weighted by Gasteiger charge is 2.17. The second kappa shape index (κ2) is 7.22. The zero-order chi connectivity index (χ0) is 17.0. The number of halogens is 2. The molecule has 0 radical (unpaired) electrons. The van der Waals surface area contributed by atoms with Gasteiger partial charge in [-0.1, -0.05) is 17.7 Å². The van der Waals surface area contributed by atoms with Crippen molar-refractivity contribution < 1.29 is 17.9 Å². The molecule has 1 unspecified atom stereocenters. The monoisotopic (exact) mass is 360 g/mol. The summed E-state index contributed by atoms with van der Waals surface area (Å²) in [5.74, 6) is -0.728. The molecule has 0 aliphatic heterocycles. The number of hydrogen-bond donors (Lipinski definition) is 2. The summed E-state index contributed by atoms with van der Waals surface area (Å²) in [5.41, 5.74) is -0.306. The van der Waals surface area contributed by atoms with Gasteiger partial charge in [0.15, 0.2) is 0 Å². The van der Waals surface area contributed by atoms with Crippen molar-refractivity contribution >= 4 is 21.6 Å². The Hall–Kier alpha value is -1.74. The molecule has 0 spiro atoms. The quantitative estimate of drug-likeness (QED) is 0.803. The van der Waals surface area contributed by atoms with Gasteiger partial charge in [0.05, 0.1) is 22.6 Å². The standard InChI is InChI=1S/C14H14ClFN2O4S/c15-12-7-11(4-5-13(12)16)23(21,22)17-8-10(19)9-18-6-2-1-3-14(18)20/h1-7,10,17,19H,8-9H2. The molecule has 1 heterocycles. The molecule has 9 heteroatoms. The predicted octanol–water partition coefficient (Wildman–Crippen LogP) is 0.980. The van der Waals surface area contributed by atoms with Crippen LogP contribution in [0.5, 0.6) is 0 Å². The Morgan fingerprint density at radius 2 is 2.04 bits per heavy atom. The number of aromatic nitrogens is 1. The fourth-order valence-corrected chi connectivity index (χ4v) is 3.18. The van der Waals surface area contributed by atoms with Gasteiger partial charge >= 0.3 is 0 Å². The Bertz CT molecular complexity index is 854. The molecule has 2 aromatic rings. The van der Waals surface area contributed by atoms with Crippen molar-refractivity contribution in [1.29, 1.82) is 0 Å². The van der Waals surface area contributed by atoms with Gasteiger partial charge in [-0.15, -0.1) is 0 Å². The van der Waals surface area contributed by atoms with E-state index < -0.39 is 21.9 Å². The number of benzene rings is 1. The molecule has 1 atom stereocenters. The van der Waals surface area contributed by atoms with E-state index in [4.69, 9.17) is 11.6 Å². The Balaban J connectivity index is 2.02. The van der Waals surface area contributed by atoms with Gasteiger partial charge in [-0.05, 0) is 24.3 Å². The smallest absolute Gasteiger partial charge is 0.250 e. The van der Waals surface area contributed by atoms with Crippen LogP contribution in [-0.2, 0) is 16.6 Å². The summed E-state index contributed by atoms with van der Waals surface area (Å²) in [4.78, 5) is 11.3. The molecule has 2 N–H and O–H groups in total. The molecule has 0 aliphatic rings. The van der Waals surface area contributed by atoms with Gasteiger partial charge in [-0.3, -0.25) is 4.79 Å². The SMILES string of the molecule is O=c1ccccn1CC(O)CNS(=O)(=O)c1ccc(F)c(Cl)c1. The molecule has 0 saturated carbocycles. The average molecular weight is 361 g/mol. The van der Waals surface area contributed by atoms with Crippen molar-refractivity contribution in [1.82, 2.24) is 9.29 Å². The largest absolute Gasteiger partial charge is 0.390 e. The highest BCUT2D eigenvalue weighted by molar-refractivity contribution is 7.89. The Morgan fingerprint density at radius 3 is 2.70 bits per heavy atom. The fourth-order valence-electron chi connectivity index (χ4n) is 1.84. The lowest BCUT2D eigenvalue weighted by atomic mass is 10.3. The van der Waals surface area contributed by atoms with Crippen molar-refractivity contribution in [3.05, 3.63) is 63.8 Å². The van der Waals surface area contributed by atoms with Crippen LogP contribution in [0.3, 0.4) is 0 Å². The molecule has 6 nitrogen and oxygen atoms in total. The number of hydrogen-bond acceptors (Lipinski definition) is 4. The van der Waals surface area contributed by atoms with Gasteiger partial charge in [-0.2, -0.15) is 0 Å². The van der Waals surface area contributed by atoms with E-state index in [1.807, 2.05) is 0 Å². The average Bonchev–Trinajstić information content (AvgIpc) is 2.50. The second-order valence-electron chi connectivity index (χ2n) is 4.77. The summed E-state index contributed by atoms with van der Waals surface area (Å²) in [5, 5.41) is 9.55. The number of aliphatic hydroxyl groups is 1. The van der Waals surface area contributed by atoms with Crippen LogP contribution in [0.15, 0.2) is 52.3 Å². The van der Waals surface area contributed by atoms with Gasteiger partial charge in [-0.25, -0.2) is 17.5 Å².